The fourth-order valence-corrected chi connectivity index (χ4v) is 3.71. The van der Waals surface area contributed by atoms with Gasteiger partial charge in [-0.05, 0) is 52.4 Å². The van der Waals surface area contributed by atoms with Gasteiger partial charge in [-0.1, -0.05) is 32.3 Å². The number of methoxy groups -OCH3 is 1. The maximum Gasteiger partial charge on any atom is 0.140 e. The molecule has 1 fully saturated rings. The molecule has 110 valence electrons. The van der Waals surface area contributed by atoms with Crippen LogP contribution in [-0.2, 0) is 11.2 Å². The zero-order chi connectivity index (χ0) is 14.5. The van der Waals surface area contributed by atoms with Crippen molar-refractivity contribution in [2.24, 2.45) is 11.8 Å². The van der Waals surface area contributed by atoms with E-state index in [-0.39, 0.29) is 5.92 Å². The van der Waals surface area contributed by atoms with Gasteiger partial charge >= 0.3 is 0 Å². The van der Waals surface area contributed by atoms with E-state index in [0.717, 1.165) is 34.5 Å². The molecule has 0 saturated heterocycles. The number of hydrogen-bond donors (Lipinski definition) is 0. The van der Waals surface area contributed by atoms with Crippen LogP contribution < -0.4 is 4.74 Å². The van der Waals surface area contributed by atoms with Crippen molar-refractivity contribution in [2.75, 3.05) is 7.11 Å². The van der Waals surface area contributed by atoms with Crippen LogP contribution in [0.25, 0.3) is 0 Å². The van der Waals surface area contributed by atoms with E-state index in [1.807, 2.05) is 18.2 Å². The average Bonchev–Trinajstić information content (AvgIpc) is 2.47. The lowest BCUT2D eigenvalue weighted by Gasteiger charge is -2.27. The van der Waals surface area contributed by atoms with Gasteiger partial charge in [-0.2, -0.15) is 0 Å². The van der Waals surface area contributed by atoms with Gasteiger partial charge in [0.05, 0.1) is 11.6 Å². The molecule has 1 aromatic carbocycles. The fraction of sp³-hybridized carbons (Fsp3) is 0.588. The van der Waals surface area contributed by atoms with E-state index in [4.69, 9.17) is 4.74 Å². The Morgan fingerprint density at radius 3 is 2.85 bits per heavy atom. The maximum atomic E-state index is 12.4. The molecule has 0 aromatic heterocycles. The van der Waals surface area contributed by atoms with Crippen molar-refractivity contribution in [2.45, 2.75) is 45.4 Å². The molecule has 0 radical (unpaired) electrons. The smallest absolute Gasteiger partial charge is 0.140 e. The summed E-state index contributed by atoms with van der Waals surface area (Å²) in [6.07, 6.45) is 6.43. The van der Waals surface area contributed by atoms with Crippen LogP contribution in [-0.4, -0.2) is 12.9 Å². The predicted molar refractivity (Wildman–Crippen MR) is 85.1 cm³/mol. The van der Waals surface area contributed by atoms with Crippen LogP contribution >= 0.6 is 15.9 Å². The molecule has 1 saturated carbocycles. The number of halogens is 1. The molecule has 0 aliphatic heterocycles. The van der Waals surface area contributed by atoms with Crippen LogP contribution in [0.2, 0.25) is 0 Å². The molecular weight excluding hydrogens is 316 g/mol. The molecule has 1 aliphatic rings. The molecule has 2 unspecified atom stereocenters. The van der Waals surface area contributed by atoms with Crippen LogP contribution in [0.5, 0.6) is 5.75 Å². The first kappa shape index (κ1) is 15.6. The average molecular weight is 339 g/mol. The van der Waals surface area contributed by atoms with Crippen LogP contribution in [0.3, 0.4) is 0 Å². The first-order chi connectivity index (χ1) is 9.63. The Kier molecular flexibility index (Phi) is 5.64. The molecule has 2 rings (SSSR count). The molecule has 20 heavy (non-hydrogen) atoms. The molecule has 0 heterocycles. The lowest BCUT2D eigenvalue weighted by molar-refractivity contribution is -0.123. The van der Waals surface area contributed by atoms with Crippen molar-refractivity contribution < 1.29 is 9.53 Å². The first-order valence-electron chi connectivity index (χ1n) is 7.49. The molecule has 2 atom stereocenters. The Balaban J connectivity index is 1.98. The predicted octanol–water partition coefficient (Wildman–Crippen LogP) is 4.79. The fourth-order valence-electron chi connectivity index (χ4n) is 3.12. The highest BCUT2D eigenvalue weighted by Crippen LogP contribution is 2.32. The van der Waals surface area contributed by atoms with Crippen molar-refractivity contribution in [1.29, 1.82) is 0 Å². The van der Waals surface area contributed by atoms with Crippen LogP contribution in [0.1, 0.15) is 44.6 Å². The zero-order valence-corrected chi connectivity index (χ0v) is 13.9. The summed E-state index contributed by atoms with van der Waals surface area (Å²) in [6.45, 7) is 2.23. The van der Waals surface area contributed by atoms with Crippen molar-refractivity contribution in [3.05, 3.63) is 28.2 Å². The third-order valence-electron chi connectivity index (χ3n) is 4.41. The molecule has 0 amide bonds. The van der Waals surface area contributed by atoms with Crippen molar-refractivity contribution in [3.63, 3.8) is 0 Å². The number of ketones is 1. The lowest BCUT2D eigenvalue weighted by atomic mass is 9.77. The summed E-state index contributed by atoms with van der Waals surface area (Å²) in [7, 11) is 1.65. The second-order valence-electron chi connectivity index (χ2n) is 5.75. The van der Waals surface area contributed by atoms with Gasteiger partial charge in [-0.25, -0.2) is 0 Å². The number of carbonyl (C=O) groups excluding carboxylic acids is 1. The van der Waals surface area contributed by atoms with Crippen LogP contribution in [0, 0.1) is 11.8 Å². The van der Waals surface area contributed by atoms with Crippen LogP contribution in [0.4, 0.5) is 0 Å². The van der Waals surface area contributed by atoms with Crippen molar-refractivity contribution >= 4 is 21.7 Å². The molecule has 3 heteroatoms. The normalized spacial score (nSPS) is 22.6. The monoisotopic (exact) mass is 338 g/mol. The number of hydrogen-bond acceptors (Lipinski definition) is 2. The van der Waals surface area contributed by atoms with E-state index in [1.54, 1.807) is 7.11 Å². The molecule has 0 N–H and O–H groups in total. The van der Waals surface area contributed by atoms with E-state index in [1.165, 1.54) is 19.3 Å². The lowest BCUT2D eigenvalue weighted by Crippen LogP contribution is -2.24. The van der Waals surface area contributed by atoms with Gasteiger partial charge in [0.25, 0.3) is 0 Å². The highest BCUT2D eigenvalue weighted by Gasteiger charge is 2.26. The molecule has 0 spiro atoms. The van der Waals surface area contributed by atoms with Crippen molar-refractivity contribution in [3.8, 4) is 5.75 Å². The standard InChI is InChI=1S/C17H23BrO2/c1-3-12-5-4-6-14(9-12)16(19)11-13-7-8-17(20-2)15(18)10-13/h7-8,10,12,14H,3-6,9,11H2,1-2H3. The van der Waals surface area contributed by atoms with E-state index >= 15 is 0 Å². The van der Waals surface area contributed by atoms with E-state index in [0.29, 0.717) is 12.2 Å². The number of rotatable bonds is 5. The molecular formula is C17H23BrO2. The van der Waals surface area contributed by atoms with Gasteiger partial charge in [0, 0.05) is 12.3 Å². The van der Waals surface area contributed by atoms with Gasteiger partial charge in [-0.3, -0.25) is 4.79 Å². The van der Waals surface area contributed by atoms with Gasteiger partial charge in [-0.15, -0.1) is 0 Å². The summed E-state index contributed by atoms with van der Waals surface area (Å²) >= 11 is 3.48. The molecule has 2 nitrogen and oxygen atoms in total. The van der Waals surface area contributed by atoms with Gasteiger partial charge in [0.2, 0.25) is 0 Å². The highest BCUT2D eigenvalue weighted by atomic mass is 79.9. The van der Waals surface area contributed by atoms with Gasteiger partial charge in [0.1, 0.15) is 11.5 Å². The number of Topliss-reactive ketones (excluding diaryl/α,β-unsaturated/α-hetero) is 1. The van der Waals surface area contributed by atoms with E-state index in [2.05, 4.69) is 22.9 Å². The first-order valence-corrected chi connectivity index (χ1v) is 8.28. The number of carbonyl (C=O) groups is 1. The Hall–Kier alpha value is -0.830. The summed E-state index contributed by atoms with van der Waals surface area (Å²) in [5.41, 5.74) is 1.07. The molecule has 0 bridgehead atoms. The third-order valence-corrected chi connectivity index (χ3v) is 5.03. The Labute approximate surface area is 130 Å². The Morgan fingerprint density at radius 2 is 2.20 bits per heavy atom. The topological polar surface area (TPSA) is 26.3 Å². The highest BCUT2D eigenvalue weighted by molar-refractivity contribution is 9.10. The largest absolute Gasteiger partial charge is 0.496 e. The quantitative estimate of drug-likeness (QED) is 0.771. The third kappa shape index (κ3) is 3.85. The number of ether oxygens (including phenoxy) is 1. The minimum absolute atomic E-state index is 0.273. The second-order valence-corrected chi connectivity index (χ2v) is 6.60. The second kappa shape index (κ2) is 7.26. The summed E-state index contributed by atoms with van der Waals surface area (Å²) < 4.78 is 6.14. The summed E-state index contributed by atoms with van der Waals surface area (Å²) in [5.74, 6) is 2.24. The van der Waals surface area contributed by atoms with Crippen molar-refractivity contribution in [1.82, 2.24) is 0 Å². The van der Waals surface area contributed by atoms with Gasteiger partial charge < -0.3 is 4.74 Å². The molecule has 1 aliphatic carbocycles. The SMILES string of the molecule is CCC1CCCC(C(=O)Cc2ccc(OC)c(Br)c2)C1. The number of benzene rings is 1. The van der Waals surface area contributed by atoms with E-state index in [9.17, 15) is 4.79 Å². The molecule has 1 aromatic rings. The summed E-state index contributed by atoms with van der Waals surface area (Å²) in [5, 5.41) is 0. The Bertz CT molecular complexity index is 470. The minimum Gasteiger partial charge on any atom is -0.496 e. The summed E-state index contributed by atoms with van der Waals surface area (Å²) in [4.78, 5) is 12.4. The zero-order valence-electron chi connectivity index (χ0n) is 12.3. The minimum atomic E-state index is 0.273. The van der Waals surface area contributed by atoms with Gasteiger partial charge in [0.15, 0.2) is 0 Å². The maximum absolute atomic E-state index is 12.4. The van der Waals surface area contributed by atoms with Crippen LogP contribution in [0.15, 0.2) is 22.7 Å². The summed E-state index contributed by atoms with van der Waals surface area (Å²) in [6, 6.07) is 5.90. The Morgan fingerprint density at radius 1 is 1.40 bits per heavy atom. The van der Waals surface area contributed by atoms with E-state index < -0.39 is 0 Å².